The Balaban J connectivity index is 0.00000225. The minimum atomic E-state index is -0.689. The van der Waals surface area contributed by atoms with Crippen molar-refractivity contribution in [2.45, 2.75) is 52.0 Å². The number of aliphatic carboxylic acids is 1. The largest absolute Gasteiger partial charge is 0.480 e. The molecule has 0 aromatic heterocycles. The molecule has 1 atom stereocenters. The van der Waals surface area contributed by atoms with Gasteiger partial charge in [0.2, 0.25) is 0 Å². The molecule has 96 valence electrons. The zero-order valence-corrected chi connectivity index (χ0v) is 11.1. The number of hydrogen-bond acceptors (Lipinski definition) is 2. The maximum Gasteiger partial charge on any atom is 0.317 e. The fraction of sp³-hybridized carbons (Fsp3) is 0.917. The molecular formula is C12H24ClNO2. The normalized spacial score (nSPS) is 22.6. The first-order chi connectivity index (χ1) is 7.09. The number of hydrogen-bond donors (Lipinski definition) is 1. The monoisotopic (exact) mass is 249 g/mol. The van der Waals surface area contributed by atoms with Crippen molar-refractivity contribution in [3.05, 3.63) is 0 Å². The maximum absolute atomic E-state index is 10.8. The van der Waals surface area contributed by atoms with Crippen LogP contribution in [0.3, 0.4) is 0 Å². The molecule has 1 N–H and O–H groups in total. The highest BCUT2D eigenvalue weighted by Crippen LogP contribution is 2.21. The first kappa shape index (κ1) is 15.7. The van der Waals surface area contributed by atoms with Crippen LogP contribution < -0.4 is 0 Å². The zero-order valence-electron chi connectivity index (χ0n) is 10.3. The molecule has 4 heteroatoms. The molecule has 0 amide bonds. The summed E-state index contributed by atoms with van der Waals surface area (Å²) in [7, 11) is 0. The summed E-state index contributed by atoms with van der Waals surface area (Å²) in [5, 5.41) is 8.87. The number of rotatable bonds is 4. The molecule has 0 bridgehead atoms. The van der Waals surface area contributed by atoms with Gasteiger partial charge in [0, 0.05) is 6.04 Å². The molecule has 16 heavy (non-hydrogen) atoms. The van der Waals surface area contributed by atoms with Crippen LogP contribution in [0.2, 0.25) is 0 Å². The number of carboxylic acids is 1. The number of halogens is 1. The average molecular weight is 250 g/mol. The Morgan fingerprint density at radius 1 is 1.38 bits per heavy atom. The number of carboxylic acid groups (broad SMARTS) is 1. The number of nitrogens with zero attached hydrogens (tertiary/aromatic N) is 1. The Labute approximate surface area is 105 Å². The van der Waals surface area contributed by atoms with Gasteiger partial charge >= 0.3 is 5.97 Å². The summed E-state index contributed by atoms with van der Waals surface area (Å²) in [6.45, 7) is 5.61. The third-order valence-electron chi connectivity index (χ3n) is 3.08. The third kappa shape index (κ3) is 5.71. The first-order valence-electron chi connectivity index (χ1n) is 6.05. The lowest BCUT2D eigenvalue weighted by atomic mass is 9.99. The molecule has 1 aliphatic rings. The Bertz CT molecular complexity index is 209. The molecule has 1 rings (SSSR count). The van der Waals surface area contributed by atoms with Crippen molar-refractivity contribution in [1.29, 1.82) is 0 Å². The highest BCUT2D eigenvalue weighted by atomic mass is 35.5. The average Bonchev–Trinajstić information content (AvgIpc) is 2.30. The fourth-order valence-corrected chi connectivity index (χ4v) is 2.43. The van der Waals surface area contributed by atoms with Gasteiger partial charge in [0.25, 0.3) is 0 Å². The summed E-state index contributed by atoms with van der Waals surface area (Å²) in [6, 6.07) is 0.489. The predicted molar refractivity (Wildman–Crippen MR) is 68.2 cm³/mol. The molecule has 0 aromatic carbocycles. The Morgan fingerprint density at radius 2 is 2.06 bits per heavy atom. The first-order valence-corrected chi connectivity index (χ1v) is 6.05. The van der Waals surface area contributed by atoms with Gasteiger partial charge in [0.15, 0.2) is 0 Å². The van der Waals surface area contributed by atoms with Crippen LogP contribution in [0.1, 0.15) is 46.0 Å². The van der Waals surface area contributed by atoms with E-state index in [2.05, 4.69) is 18.7 Å². The molecule has 1 heterocycles. The van der Waals surface area contributed by atoms with Crippen molar-refractivity contribution in [3.63, 3.8) is 0 Å². The van der Waals surface area contributed by atoms with E-state index in [-0.39, 0.29) is 19.0 Å². The third-order valence-corrected chi connectivity index (χ3v) is 3.08. The van der Waals surface area contributed by atoms with Gasteiger partial charge in [0.1, 0.15) is 0 Å². The van der Waals surface area contributed by atoms with Crippen LogP contribution in [0.15, 0.2) is 0 Å². The summed E-state index contributed by atoms with van der Waals surface area (Å²) < 4.78 is 0. The van der Waals surface area contributed by atoms with Crippen LogP contribution in [-0.2, 0) is 4.79 Å². The molecule has 0 aromatic rings. The van der Waals surface area contributed by atoms with Crippen LogP contribution in [0.4, 0.5) is 0 Å². The smallest absolute Gasteiger partial charge is 0.317 e. The predicted octanol–water partition coefficient (Wildman–Crippen LogP) is 2.78. The minimum Gasteiger partial charge on any atom is -0.480 e. The minimum absolute atomic E-state index is 0. The lowest BCUT2D eigenvalue weighted by Crippen LogP contribution is -2.39. The summed E-state index contributed by atoms with van der Waals surface area (Å²) in [5.41, 5.74) is 0. The Kier molecular flexibility index (Phi) is 7.77. The quantitative estimate of drug-likeness (QED) is 0.833. The fourth-order valence-electron chi connectivity index (χ4n) is 2.43. The molecule has 0 saturated carbocycles. The number of carbonyl (C=O) groups is 1. The van der Waals surface area contributed by atoms with E-state index in [1.807, 2.05) is 0 Å². The SMILES string of the molecule is CC(C)CC1CCCCCN1CC(=O)O.Cl. The van der Waals surface area contributed by atoms with Crippen LogP contribution in [-0.4, -0.2) is 35.1 Å². The van der Waals surface area contributed by atoms with Crippen molar-refractivity contribution in [2.24, 2.45) is 5.92 Å². The van der Waals surface area contributed by atoms with Crippen molar-refractivity contribution in [1.82, 2.24) is 4.90 Å². The molecule has 1 aliphatic heterocycles. The van der Waals surface area contributed by atoms with Gasteiger partial charge in [-0.15, -0.1) is 12.4 Å². The van der Waals surface area contributed by atoms with Crippen molar-refractivity contribution in [3.8, 4) is 0 Å². The Hall–Kier alpha value is -0.280. The van der Waals surface area contributed by atoms with Gasteiger partial charge in [-0.05, 0) is 31.7 Å². The van der Waals surface area contributed by atoms with Crippen LogP contribution in [0, 0.1) is 5.92 Å². The standard InChI is InChI=1S/C12H23NO2.ClH/c1-10(2)8-11-6-4-3-5-7-13(11)9-12(14)15;/h10-11H,3-9H2,1-2H3,(H,14,15);1H. The van der Waals surface area contributed by atoms with Crippen molar-refractivity contribution < 1.29 is 9.90 Å². The van der Waals surface area contributed by atoms with Crippen molar-refractivity contribution >= 4 is 18.4 Å². The van der Waals surface area contributed by atoms with Gasteiger partial charge in [-0.25, -0.2) is 0 Å². The summed E-state index contributed by atoms with van der Waals surface area (Å²) >= 11 is 0. The molecule has 3 nitrogen and oxygen atoms in total. The van der Waals surface area contributed by atoms with Gasteiger partial charge in [-0.2, -0.15) is 0 Å². The second-order valence-corrected chi connectivity index (χ2v) is 5.00. The second-order valence-electron chi connectivity index (χ2n) is 5.00. The zero-order chi connectivity index (χ0) is 11.3. The van der Waals surface area contributed by atoms with Gasteiger partial charge in [-0.3, -0.25) is 9.69 Å². The van der Waals surface area contributed by atoms with Gasteiger partial charge in [-0.1, -0.05) is 26.7 Å². The van der Waals surface area contributed by atoms with E-state index in [4.69, 9.17) is 5.11 Å². The summed E-state index contributed by atoms with van der Waals surface area (Å²) in [5.74, 6) is -0.0324. The highest BCUT2D eigenvalue weighted by molar-refractivity contribution is 5.85. The molecular weight excluding hydrogens is 226 g/mol. The molecule has 1 unspecified atom stereocenters. The van der Waals surface area contributed by atoms with E-state index in [9.17, 15) is 4.79 Å². The van der Waals surface area contributed by atoms with E-state index in [1.54, 1.807) is 0 Å². The van der Waals surface area contributed by atoms with E-state index < -0.39 is 5.97 Å². The van der Waals surface area contributed by atoms with Crippen molar-refractivity contribution in [2.75, 3.05) is 13.1 Å². The Morgan fingerprint density at radius 3 is 2.62 bits per heavy atom. The van der Waals surface area contributed by atoms with E-state index in [1.165, 1.54) is 19.3 Å². The lowest BCUT2D eigenvalue weighted by molar-refractivity contribution is -0.139. The van der Waals surface area contributed by atoms with E-state index in [0.717, 1.165) is 19.4 Å². The maximum atomic E-state index is 10.8. The summed E-state index contributed by atoms with van der Waals surface area (Å²) in [4.78, 5) is 12.9. The van der Waals surface area contributed by atoms with E-state index >= 15 is 0 Å². The van der Waals surface area contributed by atoms with Gasteiger partial charge in [0.05, 0.1) is 6.54 Å². The highest BCUT2D eigenvalue weighted by Gasteiger charge is 2.23. The van der Waals surface area contributed by atoms with Gasteiger partial charge < -0.3 is 5.11 Å². The van der Waals surface area contributed by atoms with Crippen LogP contribution >= 0.6 is 12.4 Å². The molecule has 1 saturated heterocycles. The summed E-state index contributed by atoms with van der Waals surface area (Å²) in [6.07, 6.45) is 5.97. The molecule has 0 spiro atoms. The van der Waals surface area contributed by atoms with Crippen LogP contribution in [0.5, 0.6) is 0 Å². The molecule has 0 radical (unpaired) electrons. The van der Waals surface area contributed by atoms with Crippen LogP contribution in [0.25, 0.3) is 0 Å². The van der Waals surface area contributed by atoms with E-state index in [0.29, 0.717) is 12.0 Å². The molecule has 1 fully saturated rings. The topological polar surface area (TPSA) is 40.5 Å². The number of likely N-dealkylation sites (tertiary alicyclic amines) is 1. The lowest BCUT2D eigenvalue weighted by Gasteiger charge is -2.29. The molecule has 0 aliphatic carbocycles. The second kappa shape index (κ2) is 7.91.